The van der Waals surface area contributed by atoms with E-state index in [9.17, 15) is 14.7 Å². The molecule has 0 saturated heterocycles. The van der Waals surface area contributed by atoms with Crippen molar-refractivity contribution >= 4 is 17.4 Å². The molecule has 1 aliphatic rings. The number of benzene rings is 2. The van der Waals surface area contributed by atoms with E-state index in [2.05, 4.69) is 19.9 Å². The number of esters is 1. The second-order valence-corrected chi connectivity index (χ2v) is 6.82. The van der Waals surface area contributed by atoms with Gasteiger partial charge in [-0.15, -0.1) is 0 Å². The molecular formula is C21H21NO4. The number of aromatic hydroxyl groups is 1. The van der Waals surface area contributed by atoms with Crippen LogP contribution in [0.2, 0.25) is 0 Å². The Hall–Kier alpha value is -3.08. The lowest BCUT2D eigenvalue weighted by molar-refractivity contribution is -0.117. The minimum Gasteiger partial charge on any atom is -0.508 e. The molecule has 1 N–H and O–H groups in total. The number of hydrogen-bond acceptors (Lipinski definition) is 5. The molecule has 0 saturated carbocycles. The maximum Gasteiger partial charge on any atom is 0.338 e. The highest BCUT2D eigenvalue weighted by atomic mass is 16.5. The summed E-state index contributed by atoms with van der Waals surface area (Å²) in [6, 6.07) is 13.7. The Morgan fingerprint density at radius 3 is 2.42 bits per heavy atom. The molecule has 0 atom stereocenters. The van der Waals surface area contributed by atoms with Crippen LogP contribution in [0.25, 0.3) is 0 Å². The Bertz CT molecular complexity index is 881. The van der Waals surface area contributed by atoms with Crippen molar-refractivity contribution in [3.8, 4) is 5.75 Å². The van der Waals surface area contributed by atoms with Gasteiger partial charge in [-0.3, -0.25) is 4.79 Å². The first-order chi connectivity index (χ1) is 12.3. The molecular weight excluding hydrogens is 330 g/mol. The van der Waals surface area contributed by atoms with E-state index in [0.717, 1.165) is 16.9 Å². The third-order valence-electron chi connectivity index (χ3n) is 4.69. The van der Waals surface area contributed by atoms with Crippen LogP contribution >= 0.6 is 0 Å². The minimum atomic E-state index is -0.598. The second kappa shape index (κ2) is 6.67. The summed E-state index contributed by atoms with van der Waals surface area (Å²) in [5.74, 6) is -0.813. The van der Waals surface area contributed by atoms with E-state index < -0.39 is 5.97 Å². The molecule has 3 rings (SSSR count). The lowest BCUT2D eigenvalue weighted by Crippen LogP contribution is -2.25. The third-order valence-corrected chi connectivity index (χ3v) is 4.69. The van der Waals surface area contributed by atoms with Crippen LogP contribution in [0.3, 0.4) is 0 Å². The molecule has 0 radical (unpaired) electrons. The number of likely N-dealkylation sites (N-methyl/N-ethyl adjacent to an activating group) is 1. The van der Waals surface area contributed by atoms with Gasteiger partial charge >= 0.3 is 5.97 Å². The van der Waals surface area contributed by atoms with Crippen LogP contribution in [-0.4, -0.2) is 30.5 Å². The predicted octanol–water partition coefficient (Wildman–Crippen LogP) is 3.43. The number of carbonyl (C=O) groups excluding carboxylic acids is 2. The standard InChI is InChI=1S/C21H21NO4/c1-21(2)17-6-4-5-7-18(17)22(3)19(21)12-16(24)13-26-20(25)14-8-10-15(23)11-9-14/h4-12,23H,13H2,1-3H3/b19-12+. The van der Waals surface area contributed by atoms with Crippen molar-refractivity contribution in [3.05, 3.63) is 71.4 Å². The average molecular weight is 351 g/mol. The summed E-state index contributed by atoms with van der Waals surface area (Å²) in [6.07, 6.45) is 1.55. The molecule has 1 heterocycles. The maximum absolute atomic E-state index is 12.4. The highest BCUT2D eigenvalue weighted by molar-refractivity contribution is 5.96. The number of ether oxygens (including phenoxy) is 1. The molecule has 2 aromatic rings. The van der Waals surface area contributed by atoms with Gasteiger partial charge in [0.1, 0.15) is 5.75 Å². The number of phenolic OH excluding ortho intramolecular Hbond substituents is 1. The first-order valence-electron chi connectivity index (χ1n) is 8.35. The number of anilines is 1. The fourth-order valence-electron chi connectivity index (χ4n) is 3.27. The number of phenols is 1. The van der Waals surface area contributed by atoms with Crippen LogP contribution in [0.4, 0.5) is 5.69 Å². The van der Waals surface area contributed by atoms with Gasteiger partial charge in [0.05, 0.1) is 5.56 Å². The Morgan fingerprint density at radius 2 is 1.77 bits per heavy atom. The molecule has 0 fully saturated rings. The van der Waals surface area contributed by atoms with E-state index >= 15 is 0 Å². The molecule has 0 amide bonds. The van der Waals surface area contributed by atoms with Gasteiger partial charge in [-0.05, 0) is 35.9 Å². The first kappa shape index (κ1) is 17.7. The summed E-state index contributed by atoms with van der Waals surface area (Å²) < 4.78 is 5.09. The van der Waals surface area contributed by atoms with Gasteiger partial charge in [-0.25, -0.2) is 4.79 Å². The zero-order chi connectivity index (χ0) is 18.9. The van der Waals surface area contributed by atoms with Gasteiger partial charge in [0.15, 0.2) is 12.4 Å². The molecule has 26 heavy (non-hydrogen) atoms. The van der Waals surface area contributed by atoms with Crippen LogP contribution in [0, 0.1) is 0 Å². The monoisotopic (exact) mass is 351 g/mol. The lowest BCUT2D eigenvalue weighted by Gasteiger charge is -2.23. The molecule has 134 valence electrons. The maximum atomic E-state index is 12.4. The Kier molecular flexibility index (Phi) is 4.55. The van der Waals surface area contributed by atoms with E-state index in [1.807, 2.05) is 30.1 Å². The zero-order valence-corrected chi connectivity index (χ0v) is 15.0. The zero-order valence-electron chi connectivity index (χ0n) is 15.0. The summed E-state index contributed by atoms with van der Waals surface area (Å²) in [5, 5.41) is 9.25. The lowest BCUT2D eigenvalue weighted by atomic mass is 9.83. The van der Waals surface area contributed by atoms with E-state index in [1.165, 1.54) is 24.3 Å². The summed E-state index contributed by atoms with van der Waals surface area (Å²) in [5.41, 5.74) is 3.07. The van der Waals surface area contributed by atoms with E-state index in [0.29, 0.717) is 0 Å². The fraction of sp³-hybridized carbons (Fsp3) is 0.238. The molecule has 5 nitrogen and oxygen atoms in total. The molecule has 5 heteroatoms. The first-order valence-corrected chi connectivity index (χ1v) is 8.35. The van der Waals surface area contributed by atoms with Gasteiger partial charge in [-0.2, -0.15) is 0 Å². The summed E-state index contributed by atoms with van der Waals surface area (Å²) in [4.78, 5) is 26.3. The quantitative estimate of drug-likeness (QED) is 0.675. The molecule has 0 spiro atoms. The average Bonchev–Trinajstić information content (AvgIpc) is 2.81. The number of fused-ring (bicyclic) bond motifs is 1. The Morgan fingerprint density at radius 1 is 1.12 bits per heavy atom. The number of allylic oxidation sites excluding steroid dienone is 1. The number of ketones is 1. The van der Waals surface area contributed by atoms with E-state index in [-0.39, 0.29) is 29.1 Å². The van der Waals surface area contributed by atoms with Crippen LogP contribution in [0.15, 0.2) is 60.3 Å². The van der Waals surface area contributed by atoms with Crippen LogP contribution in [0.1, 0.15) is 29.8 Å². The SMILES string of the molecule is CN1/C(=C/C(=O)COC(=O)c2ccc(O)cc2)C(C)(C)c2ccccc21. The van der Waals surface area contributed by atoms with Crippen LogP contribution in [-0.2, 0) is 14.9 Å². The highest BCUT2D eigenvalue weighted by Gasteiger charge is 2.38. The van der Waals surface area contributed by atoms with E-state index in [1.54, 1.807) is 6.08 Å². The Balaban J connectivity index is 1.71. The topological polar surface area (TPSA) is 66.8 Å². The van der Waals surface area contributed by atoms with Crippen molar-refractivity contribution in [3.63, 3.8) is 0 Å². The molecule has 0 unspecified atom stereocenters. The molecule has 1 aliphatic heterocycles. The number of para-hydroxylation sites is 1. The van der Waals surface area contributed by atoms with Gasteiger partial charge in [-0.1, -0.05) is 32.0 Å². The number of carbonyl (C=O) groups is 2. The number of nitrogens with zero attached hydrogens (tertiary/aromatic N) is 1. The van der Waals surface area contributed by atoms with Crippen molar-refractivity contribution in [2.24, 2.45) is 0 Å². The summed E-state index contributed by atoms with van der Waals surface area (Å²) >= 11 is 0. The fourth-order valence-corrected chi connectivity index (χ4v) is 3.27. The predicted molar refractivity (Wildman–Crippen MR) is 99.4 cm³/mol. The highest BCUT2D eigenvalue weighted by Crippen LogP contribution is 2.46. The normalized spacial score (nSPS) is 16.4. The van der Waals surface area contributed by atoms with Crippen LogP contribution < -0.4 is 4.90 Å². The molecule has 0 aromatic heterocycles. The van der Waals surface area contributed by atoms with Crippen molar-refractivity contribution in [1.29, 1.82) is 0 Å². The van der Waals surface area contributed by atoms with Gasteiger partial charge in [0.2, 0.25) is 0 Å². The van der Waals surface area contributed by atoms with E-state index in [4.69, 9.17) is 4.74 Å². The van der Waals surface area contributed by atoms with Crippen molar-refractivity contribution in [2.45, 2.75) is 19.3 Å². The number of hydrogen-bond donors (Lipinski definition) is 1. The molecule has 0 aliphatic carbocycles. The van der Waals surface area contributed by atoms with Crippen LogP contribution in [0.5, 0.6) is 5.75 Å². The second-order valence-electron chi connectivity index (χ2n) is 6.82. The van der Waals surface area contributed by atoms with Crippen molar-refractivity contribution < 1.29 is 19.4 Å². The van der Waals surface area contributed by atoms with Crippen molar-refractivity contribution in [1.82, 2.24) is 0 Å². The van der Waals surface area contributed by atoms with Gasteiger partial charge in [0, 0.05) is 29.9 Å². The summed E-state index contributed by atoms with van der Waals surface area (Å²) in [6.45, 7) is 3.80. The minimum absolute atomic E-state index is 0.0634. The Labute approximate surface area is 152 Å². The summed E-state index contributed by atoms with van der Waals surface area (Å²) in [7, 11) is 1.93. The number of rotatable bonds is 4. The smallest absolute Gasteiger partial charge is 0.338 e. The van der Waals surface area contributed by atoms with Crippen molar-refractivity contribution in [2.75, 3.05) is 18.6 Å². The molecule has 2 aromatic carbocycles. The third kappa shape index (κ3) is 3.20. The van der Waals surface area contributed by atoms with Gasteiger partial charge in [0.25, 0.3) is 0 Å². The largest absolute Gasteiger partial charge is 0.508 e. The van der Waals surface area contributed by atoms with Gasteiger partial charge < -0.3 is 14.7 Å². The molecule has 0 bridgehead atoms.